The summed E-state index contributed by atoms with van der Waals surface area (Å²) in [6.45, 7) is 1.56. The average Bonchev–Trinajstić information content (AvgIpc) is 2.61. The number of pyridine rings is 1. The largest absolute Gasteiger partial charge is 0.360 e. The zero-order valence-electron chi connectivity index (χ0n) is 13.2. The van der Waals surface area contributed by atoms with Gasteiger partial charge in [-0.2, -0.15) is 0 Å². The number of hydrogen-bond acceptors (Lipinski definition) is 4. The lowest BCUT2D eigenvalue weighted by atomic mass is 10.1. The van der Waals surface area contributed by atoms with Gasteiger partial charge in [0.15, 0.2) is 0 Å². The molecule has 1 aliphatic rings. The molecule has 3 rings (SSSR count). The molecule has 1 atom stereocenters. The summed E-state index contributed by atoms with van der Waals surface area (Å²) in [7, 11) is 0. The van der Waals surface area contributed by atoms with Gasteiger partial charge in [0.25, 0.3) is 5.91 Å². The number of aromatic nitrogens is 1. The van der Waals surface area contributed by atoms with Crippen molar-refractivity contribution < 1.29 is 9.59 Å². The van der Waals surface area contributed by atoms with Crippen molar-refractivity contribution in [2.45, 2.75) is 18.9 Å². The first-order valence-electron chi connectivity index (χ1n) is 8.04. The van der Waals surface area contributed by atoms with E-state index in [9.17, 15) is 14.4 Å². The number of amides is 2. The summed E-state index contributed by atoms with van der Waals surface area (Å²) in [5.74, 6) is -0.812. The summed E-state index contributed by atoms with van der Waals surface area (Å²) >= 11 is 0. The van der Waals surface area contributed by atoms with Gasteiger partial charge < -0.3 is 20.9 Å². The highest BCUT2D eigenvalue weighted by Crippen LogP contribution is 2.06. The van der Waals surface area contributed by atoms with Crippen molar-refractivity contribution in [2.75, 3.05) is 19.6 Å². The molecule has 1 aromatic carbocycles. The van der Waals surface area contributed by atoms with Gasteiger partial charge in [-0.15, -0.1) is 0 Å². The molecule has 2 aromatic rings. The second kappa shape index (κ2) is 7.27. The molecular weight excluding hydrogens is 308 g/mol. The molecule has 1 aromatic heterocycles. The van der Waals surface area contributed by atoms with Gasteiger partial charge in [-0.05, 0) is 31.5 Å². The molecule has 7 heteroatoms. The van der Waals surface area contributed by atoms with Crippen LogP contribution in [0.5, 0.6) is 0 Å². The molecule has 0 aliphatic carbocycles. The van der Waals surface area contributed by atoms with Crippen LogP contribution in [0.15, 0.2) is 35.3 Å². The van der Waals surface area contributed by atoms with Crippen molar-refractivity contribution >= 4 is 22.7 Å². The highest BCUT2D eigenvalue weighted by atomic mass is 16.2. The Morgan fingerprint density at radius 3 is 2.88 bits per heavy atom. The summed E-state index contributed by atoms with van der Waals surface area (Å²) in [5.41, 5.74) is 0.321. The standard InChI is InChI=1S/C17H20N4O3/c22-15(21-11-4-3-7-18-8-11)10-20-17(24)13-9-19-14-6-2-1-5-12(14)16(13)23/h1-2,5-6,9,11,18H,3-4,7-8,10H2,(H,19,23)(H,20,24)(H,21,22)/t11-/m0/s1. The van der Waals surface area contributed by atoms with Gasteiger partial charge in [0.05, 0.1) is 6.54 Å². The van der Waals surface area contributed by atoms with Crippen LogP contribution in [-0.2, 0) is 4.79 Å². The first-order valence-corrected chi connectivity index (χ1v) is 8.04. The summed E-state index contributed by atoms with van der Waals surface area (Å²) < 4.78 is 0. The molecule has 0 bridgehead atoms. The Bertz CT molecular complexity index is 809. The van der Waals surface area contributed by atoms with Crippen LogP contribution >= 0.6 is 0 Å². The van der Waals surface area contributed by atoms with Crippen molar-refractivity contribution in [2.24, 2.45) is 0 Å². The van der Waals surface area contributed by atoms with E-state index in [2.05, 4.69) is 20.9 Å². The first-order chi connectivity index (χ1) is 11.6. The van der Waals surface area contributed by atoms with Crippen LogP contribution in [0, 0.1) is 0 Å². The highest BCUT2D eigenvalue weighted by molar-refractivity contribution is 5.98. The maximum absolute atomic E-state index is 12.3. The number of fused-ring (bicyclic) bond motifs is 1. The van der Waals surface area contributed by atoms with E-state index in [1.54, 1.807) is 18.2 Å². The van der Waals surface area contributed by atoms with Crippen molar-refractivity contribution in [1.29, 1.82) is 0 Å². The smallest absolute Gasteiger partial charge is 0.257 e. The lowest BCUT2D eigenvalue weighted by molar-refractivity contribution is -0.120. The molecule has 1 aliphatic heterocycles. The monoisotopic (exact) mass is 328 g/mol. The molecule has 1 fully saturated rings. The van der Waals surface area contributed by atoms with Gasteiger partial charge in [-0.25, -0.2) is 0 Å². The van der Waals surface area contributed by atoms with Gasteiger partial charge in [0, 0.05) is 29.7 Å². The lowest BCUT2D eigenvalue weighted by Crippen LogP contribution is -2.48. The van der Waals surface area contributed by atoms with Crippen LogP contribution in [0.4, 0.5) is 0 Å². The van der Waals surface area contributed by atoms with Crippen molar-refractivity contribution in [1.82, 2.24) is 20.9 Å². The van der Waals surface area contributed by atoms with Crippen LogP contribution in [0.3, 0.4) is 0 Å². The molecule has 0 saturated carbocycles. The molecule has 24 heavy (non-hydrogen) atoms. The lowest BCUT2D eigenvalue weighted by Gasteiger charge is -2.23. The van der Waals surface area contributed by atoms with Gasteiger partial charge in [0.2, 0.25) is 11.3 Å². The number of piperidine rings is 1. The fourth-order valence-electron chi connectivity index (χ4n) is 2.85. The number of hydrogen-bond donors (Lipinski definition) is 4. The van der Waals surface area contributed by atoms with Gasteiger partial charge in [-0.3, -0.25) is 14.4 Å². The van der Waals surface area contributed by atoms with E-state index in [-0.39, 0.29) is 29.5 Å². The Kier molecular flexibility index (Phi) is 4.90. The second-order valence-corrected chi connectivity index (χ2v) is 5.87. The number of aromatic amines is 1. The summed E-state index contributed by atoms with van der Waals surface area (Å²) in [5, 5.41) is 9.03. The van der Waals surface area contributed by atoms with Crippen LogP contribution in [0.25, 0.3) is 10.9 Å². The Hall–Kier alpha value is -2.67. The Morgan fingerprint density at radius 1 is 1.25 bits per heavy atom. The molecule has 7 nitrogen and oxygen atoms in total. The number of carbonyl (C=O) groups is 2. The summed E-state index contributed by atoms with van der Waals surface area (Å²) in [6, 6.07) is 7.07. The molecule has 0 unspecified atom stereocenters. The minimum absolute atomic E-state index is 0.000771. The van der Waals surface area contributed by atoms with Crippen molar-refractivity contribution in [3.8, 4) is 0 Å². The molecule has 2 heterocycles. The van der Waals surface area contributed by atoms with E-state index < -0.39 is 5.91 Å². The molecule has 126 valence electrons. The molecule has 0 spiro atoms. The van der Waals surface area contributed by atoms with Gasteiger partial charge in [-0.1, -0.05) is 12.1 Å². The number of carbonyl (C=O) groups excluding carboxylic acids is 2. The number of nitrogens with one attached hydrogen (secondary N) is 4. The quantitative estimate of drug-likeness (QED) is 0.640. The van der Waals surface area contributed by atoms with E-state index in [1.807, 2.05) is 6.07 Å². The SMILES string of the molecule is O=C(CNC(=O)c1c[nH]c2ccccc2c1=O)N[C@H]1CCCNC1. The number of H-pyrrole nitrogens is 1. The molecule has 0 radical (unpaired) electrons. The zero-order chi connectivity index (χ0) is 16.9. The maximum Gasteiger partial charge on any atom is 0.257 e. The van der Waals surface area contributed by atoms with E-state index >= 15 is 0 Å². The third-order valence-corrected chi connectivity index (χ3v) is 4.10. The number of para-hydroxylation sites is 1. The fourth-order valence-corrected chi connectivity index (χ4v) is 2.85. The molecule has 1 saturated heterocycles. The van der Waals surface area contributed by atoms with Crippen LogP contribution in [0.2, 0.25) is 0 Å². The zero-order valence-corrected chi connectivity index (χ0v) is 13.2. The highest BCUT2D eigenvalue weighted by Gasteiger charge is 2.17. The topological polar surface area (TPSA) is 103 Å². The molecule has 2 amide bonds. The average molecular weight is 328 g/mol. The first kappa shape index (κ1) is 16.2. The summed E-state index contributed by atoms with van der Waals surface area (Å²) in [6.07, 6.45) is 3.32. The van der Waals surface area contributed by atoms with Crippen LogP contribution < -0.4 is 21.4 Å². The minimum Gasteiger partial charge on any atom is -0.360 e. The number of benzene rings is 1. The number of rotatable bonds is 4. The normalized spacial score (nSPS) is 17.4. The molecular formula is C17H20N4O3. The van der Waals surface area contributed by atoms with Gasteiger partial charge >= 0.3 is 0 Å². The predicted molar refractivity (Wildman–Crippen MR) is 90.9 cm³/mol. The Balaban J connectivity index is 1.61. The molecule has 4 N–H and O–H groups in total. The van der Waals surface area contributed by atoms with Crippen molar-refractivity contribution in [3.05, 3.63) is 46.2 Å². The van der Waals surface area contributed by atoms with Gasteiger partial charge in [0.1, 0.15) is 5.56 Å². The van der Waals surface area contributed by atoms with Crippen molar-refractivity contribution in [3.63, 3.8) is 0 Å². The summed E-state index contributed by atoms with van der Waals surface area (Å²) in [4.78, 5) is 39.4. The maximum atomic E-state index is 12.3. The van der Waals surface area contributed by atoms with E-state index in [4.69, 9.17) is 0 Å². The Morgan fingerprint density at radius 2 is 2.08 bits per heavy atom. The van der Waals surface area contributed by atoms with Crippen LogP contribution in [-0.4, -0.2) is 42.5 Å². The fraction of sp³-hybridized carbons (Fsp3) is 0.353. The predicted octanol–water partition coefficient (Wildman–Crippen LogP) is 0.126. The third kappa shape index (κ3) is 3.62. The van der Waals surface area contributed by atoms with E-state index in [0.717, 1.165) is 25.9 Å². The van der Waals surface area contributed by atoms with Crippen LogP contribution in [0.1, 0.15) is 23.2 Å². The second-order valence-electron chi connectivity index (χ2n) is 5.87. The third-order valence-electron chi connectivity index (χ3n) is 4.10. The van der Waals surface area contributed by atoms with E-state index in [0.29, 0.717) is 10.9 Å². The minimum atomic E-state index is -0.557. The Labute approximate surface area is 138 Å². The van der Waals surface area contributed by atoms with E-state index in [1.165, 1.54) is 6.20 Å².